The number of amides is 2. The molecular weight excluding hydrogens is 426 g/mol. The molecule has 0 spiro atoms. The standard InChI is InChI=1S/C24H31N3O6/c1-30-19-8-6-18(7-9-19)26-10-5-11-27(13-12-26)22(28)16-25-24(29)17-14-20(31-2)23(33-4)21(15-17)32-3/h6-9,14-15H,5,10-13,16H2,1-4H3,(H,25,29). The summed E-state index contributed by atoms with van der Waals surface area (Å²) in [6.07, 6.45) is 0.846. The normalized spacial score (nSPS) is 13.7. The van der Waals surface area contributed by atoms with Crippen LogP contribution in [-0.4, -0.2) is 77.9 Å². The molecule has 33 heavy (non-hydrogen) atoms. The zero-order chi connectivity index (χ0) is 23.8. The Morgan fingerprint density at radius 3 is 2.09 bits per heavy atom. The van der Waals surface area contributed by atoms with Crippen molar-refractivity contribution >= 4 is 17.5 Å². The molecule has 1 N–H and O–H groups in total. The van der Waals surface area contributed by atoms with Crippen molar-refractivity contribution in [1.29, 1.82) is 0 Å². The zero-order valence-electron chi connectivity index (χ0n) is 19.6. The van der Waals surface area contributed by atoms with E-state index in [9.17, 15) is 9.59 Å². The molecule has 3 rings (SSSR count). The van der Waals surface area contributed by atoms with Gasteiger partial charge in [-0.25, -0.2) is 0 Å². The Morgan fingerprint density at radius 2 is 1.52 bits per heavy atom. The van der Waals surface area contributed by atoms with Crippen molar-refractivity contribution in [3.63, 3.8) is 0 Å². The predicted octanol–water partition coefficient (Wildman–Crippen LogP) is 2.19. The minimum Gasteiger partial charge on any atom is -0.497 e. The maximum atomic E-state index is 12.8. The molecule has 1 aliphatic rings. The largest absolute Gasteiger partial charge is 0.497 e. The lowest BCUT2D eigenvalue weighted by molar-refractivity contribution is -0.129. The van der Waals surface area contributed by atoms with Gasteiger partial charge >= 0.3 is 0 Å². The summed E-state index contributed by atoms with van der Waals surface area (Å²) in [5.74, 6) is 1.45. The van der Waals surface area contributed by atoms with E-state index >= 15 is 0 Å². The Hall–Kier alpha value is -3.62. The molecule has 1 fully saturated rings. The highest BCUT2D eigenvalue weighted by Gasteiger charge is 2.21. The highest BCUT2D eigenvalue weighted by Crippen LogP contribution is 2.38. The van der Waals surface area contributed by atoms with E-state index in [2.05, 4.69) is 10.2 Å². The van der Waals surface area contributed by atoms with Crippen LogP contribution >= 0.6 is 0 Å². The summed E-state index contributed by atoms with van der Waals surface area (Å²) in [7, 11) is 6.11. The molecule has 0 aliphatic carbocycles. The second-order valence-electron chi connectivity index (χ2n) is 7.52. The second kappa shape index (κ2) is 11.3. The van der Waals surface area contributed by atoms with Crippen molar-refractivity contribution in [3.05, 3.63) is 42.0 Å². The number of hydrogen-bond donors (Lipinski definition) is 1. The number of benzene rings is 2. The van der Waals surface area contributed by atoms with Crippen LogP contribution in [0, 0.1) is 0 Å². The van der Waals surface area contributed by atoms with Crippen LogP contribution < -0.4 is 29.2 Å². The van der Waals surface area contributed by atoms with E-state index in [0.717, 1.165) is 30.9 Å². The van der Waals surface area contributed by atoms with Gasteiger partial charge in [-0.05, 0) is 42.8 Å². The van der Waals surface area contributed by atoms with Crippen LogP contribution in [0.15, 0.2) is 36.4 Å². The maximum absolute atomic E-state index is 12.8. The average Bonchev–Trinajstić information content (AvgIpc) is 3.12. The fourth-order valence-corrected chi connectivity index (χ4v) is 3.80. The number of ether oxygens (including phenoxy) is 4. The zero-order valence-corrected chi connectivity index (χ0v) is 19.6. The smallest absolute Gasteiger partial charge is 0.251 e. The summed E-state index contributed by atoms with van der Waals surface area (Å²) in [6.45, 7) is 2.72. The Labute approximate surface area is 194 Å². The van der Waals surface area contributed by atoms with Gasteiger partial charge in [0.15, 0.2) is 11.5 Å². The lowest BCUT2D eigenvalue weighted by atomic mass is 10.1. The number of nitrogens with zero attached hydrogens (tertiary/aromatic N) is 2. The van der Waals surface area contributed by atoms with E-state index in [1.165, 1.54) is 21.3 Å². The fraction of sp³-hybridized carbons (Fsp3) is 0.417. The minimum absolute atomic E-state index is 0.0853. The molecule has 2 aromatic carbocycles. The molecular formula is C24H31N3O6. The van der Waals surface area contributed by atoms with Gasteiger partial charge in [-0.15, -0.1) is 0 Å². The number of hydrogen-bond acceptors (Lipinski definition) is 7. The molecule has 1 aliphatic heterocycles. The van der Waals surface area contributed by atoms with Crippen LogP contribution in [0.5, 0.6) is 23.0 Å². The van der Waals surface area contributed by atoms with Crippen LogP contribution in [0.4, 0.5) is 5.69 Å². The second-order valence-corrected chi connectivity index (χ2v) is 7.52. The summed E-state index contributed by atoms with van der Waals surface area (Å²) in [6, 6.07) is 11.0. The molecule has 2 aromatic rings. The van der Waals surface area contributed by atoms with Gasteiger partial charge < -0.3 is 34.1 Å². The molecule has 2 amide bonds. The Balaban J connectivity index is 1.57. The molecule has 0 unspecified atom stereocenters. The third-order valence-corrected chi connectivity index (χ3v) is 5.61. The third-order valence-electron chi connectivity index (χ3n) is 5.61. The van der Waals surface area contributed by atoms with E-state index in [0.29, 0.717) is 35.9 Å². The van der Waals surface area contributed by atoms with Gasteiger partial charge in [0.2, 0.25) is 11.7 Å². The predicted molar refractivity (Wildman–Crippen MR) is 125 cm³/mol. The number of anilines is 1. The van der Waals surface area contributed by atoms with Crippen LogP contribution in [0.3, 0.4) is 0 Å². The third kappa shape index (κ3) is 5.79. The van der Waals surface area contributed by atoms with E-state index in [1.54, 1.807) is 24.1 Å². The van der Waals surface area contributed by atoms with Crippen LogP contribution in [0.1, 0.15) is 16.8 Å². The number of methoxy groups -OCH3 is 4. The number of nitrogens with one attached hydrogen (secondary N) is 1. The molecule has 0 bridgehead atoms. The van der Waals surface area contributed by atoms with Gasteiger partial charge in [-0.3, -0.25) is 9.59 Å². The lowest BCUT2D eigenvalue weighted by Crippen LogP contribution is -2.42. The monoisotopic (exact) mass is 457 g/mol. The summed E-state index contributed by atoms with van der Waals surface area (Å²) in [5, 5.41) is 2.70. The summed E-state index contributed by atoms with van der Waals surface area (Å²) >= 11 is 0. The SMILES string of the molecule is COc1ccc(N2CCCN(C(=O)CNC(=O)c3cc(OC)c(OC)c(OC)c3)CC2)cc1. The van der Waals surface area contributed by atoms with Crippen molar-refractivity contribution < 1.29 is 28.5 Å². The first-order valence-corrected chi connectivity index (χ1v) is 10.8. The van der Waals surface area contributed by atoms with Gasteiger partial charge in [-0.1, -0.05) is 0 Å². The average molecular weight is 458 g/mol. The molecule has 0 radical (unpaired) electrons. The van der Waals surface area contributed by atoms with Crippen LogP contribution in [0.2, 0.25) is 0 Å². The highest BCUT2D eigenvalue weighted by atomic mass is 16.5. The van der Waals surface area contributed by atoms with Crippen molar-refractivity contribution in [2.75, 3.05) is 66.1 Å². The quantitative estimate of drug-likeness (QED) is 0.650. The van der Waals surface area contributed by atoms with E-state index < -0.39 is 5.91 Å². The summed E-state index contributed by atoms with van der Waals surface area (Å²) in [5.41, 5.74) is 1.42. The Bertz CT molecular complexity index is 938. The number of carbonyl (C=O) groups excluding carboxylic acids is 2. The molecule has 9 heteroatoms. The van der Waals surface area contributed by atoms with Crippen LogP contribution in [-0.2, 0) is 4.79 Å². The first-order chi connectivity index (χ1) is 16.0. The molecule has 1 saturated heterocycles. The molecule has 178 valence electrons. The van der Waals surface area contributed by atoms with Crippen molar-refractivity contribution in [2.45, 2.75) is 6.42 Å². The molecule has 0 saturated carbocycles. The van der Waals surface area contributed by atoms with Gasteiger partial charge in [0.1, 0.15) is 5.75 Å². The number of rotatable bonds is 8. The van der Waals surface area contributed by atoms with Gasteiger partial charge in [0.05, 0.1) is 35.0 Å². The van der Waals surface area contributed by atoms with Crippen molar-refractivity contribution in [2.24, 2.45) is 0 Å². The molecule has 9 nitrogen and oxygen atoms in total. The fourth-order valence-electron chi connectivity index (χ4n) is 3.80. The first kappa shape index (κ1) is 24.0. The lowest BCUT2D eigenvalue weighted by Gasteiger charge is -2.24. The Morgan fingerprint density at radius 1 is 0.848 bits per heavy atom. The summed E-state index contributed by atoms with van der Waals surface area (Å²) < 4.78 is 21.1. The van der Waals surface area contributed by atoms with E-state index in [4.69, 9.17) is 18.9 Å². The van der Waals surface area contributed by atoms with Gasteiger partial charge in [-0.2, -0.15) is 0 Å². The summed E-state index contributed by atoms with van der Waals surface area (Å²) in [4.78, 5) is 29.5. The molecule has 1 heterocycles. The minimum atomic E-state index is -0.391. The maximum Gasteiger partial charge on any atom is 0.251 e. The van der Waals surface area contributed by atoms with Crippen molar-refractivity contribution in [1.82, 2.24) is 10.2 Å². The van der Waals surface area contributed by atoms with Crippen molar-refractivity contribution in [3.8, 4) is 23.0 Å². The van der Waals surface area contributed by atoms with Gasteiger partial charge in [0.25, 0.3) is 5.91 Å². The Kier molecular flexibility index (Phi) is 8.23. The molecule has 0 aromatic heterocycles. The van der Waals surface area contributed by atoms with E-state index in [-0.39, 0.29) is 12.5 Å². The first-order valence-electron chi connectivity index (χ1n) is 10.8. The van der Waals surface area contributed by atoms with Gasteiger partial charge in [0, 0.05) is 37.4 Å². The van der Waals surface area contributed by atoms with Crippen LogP contribution in [0.25, 0.3) is 0 Å². The highest BCUT2D eigenvalue weighted by molar-refractivity contribution is 5.97. The topological polar surface area (TPSA) is 89.6 Å². The number of carbonyl (C=O) groups is 2. The van der Waals surface area contributed by atoms with E-state index in [1.807, 2.05) is 24.3 Å². The molecule has 0 atom stereocenters.